The van der Waals surface area contributed by atoms with Crippen LogP contribution >= 0.6 is 0 Å². The molecule has 2 rings (SSSR count). The molecule has 1 aliphatic rings. The third-order valence-electron chi connectivity index (χ3n) is 1.99. The maximum atomic E-state index is 9.54. The predicted octanol–water partition coefficient (Wildman–Crippen LogP) is -0.440. The molecule has 0 amide bonds. The Balaban J connectivity index is 1.77. The lowest BCUT2D eigenvalue weighted by atomic mass is 10.3. The number of rotatable bonds is 4. The van der Waals surface area contributed by atoms with Crippen molar-refractivity contribution < 1.29 is 5.11 Å². The van der Waals surface area contributed by atoms with E-state index in [2.05, 4.69) is 9.88 Å². The Morgan fingerprint density at radius 1 is 1.42 bits per heavy atom. The monoisotopic (exact) mass is 167 g/mol. The molecule has 1 saturated heterocycles. The summed E-state index contributed by atoms with van der Waals surface area (Å²) in [4.78, 5) is 6.12. The van der Waals surface area contributed by atoms with Crippen molar-refractivity contribution in [3.05, 3.63) is 18.7 Å². The van der Waals surface area contributed by atoms with Gasteiger partial charge in [0.15, 0.2) is 0 Å². The van der Waals surface area contributed by atoms with E-state index in [1.165, 1.54) is 0 Å². The summed E-state index contributed by atoms with van der Waals surface area (Å²) >= 11 is 0. The van der Waals surface area contributed by atoms with Crippen molar-refractivity contribution in [2.45, 2.75) is 12.6 Å². The SMILES string of the molecule is OC(CN1CC1)Cn1ccnc1. The van der Waals surface area contributed by atoms with Crippen molar-refractivity contribution in [3.63, 3.8) is 0 Å². The zero-order valence-electron chi connectivity index (χ0n) is 6.93. The third-order valence-corrected chi connectivity index (χ3v) is 1.99. The molecule has 1 aromatic heterocycles. The average Bonchev–Trinajstić information content (AvgIpc) is 2.66. The molecule has 0 saturated carbocycles. The van der Waals surface area contributed by atoms with Gasteiger partial charge in [0.05, 0.1) is 19.0 Å². The standard InChI is InChI=1S/C8H13N3O/c12-8(5-10-3-4-10)6-11-2-1-9-7-11/h1-2,7-8,12H,3-6H2. The van der Waals surface area contributed by atoms with Gasteiger partial charge in [-0.15, -0.1) is 0 Å². The highest BCUT2D eigenvalue weighted by atomic mass is 16.3. The Kier molecular flexibility index (Phi) is 2.10. The predicted molar refractivity (Wildman–Crippen MR) is 44.7 cm³/mol. The summed E-state index contributed by atoms with van der Waals surface area (Å²) in [5.41, 5.74) is 0. The number of imidazole rings is 1. The van der Waals surface area contributed by atoms with Crippen LogP contribution in [-0.2, 0) is 6.54 Å². The van der Waals surface area contributed by atoms with Crippen LogP contribution in [0.1, 0.15) is 0 Å². The number of β-amino-alcohol motifs (C(OH)–C–C–N with tert-alkyl or cyclic N) is 1. The van der Waals surface area contributed by atoms with Gasteiger partial charge in [0.25, 0.3) is 0 Å². The number of hydrogen-bond donors (Lipinski definition) is 1. The number of aromatic nitrogens is 2. The Hall–Kier alpha value is -0.870. The second kappa shape index (κ2) is 3.25. The molecule has 12 heavy (non-hydrogen) atoms. The molecule has 1 N–H and O–H groups in total. The number of hydrogen-bond acceptors (Lipinski definition) is 3. The van der Waals surface area contributed by atoms with Gasteiger partial charge in [-0.05, 0) is 0 Å². The lowest BCUT2D eigenvalue weighted by Crippen LogP contribution is -2.23. The van der Waals surface area contributed by atoms with Crippen LogP contribution in [0, 0.1) is 0 Å². The Morgan fingerprint density at radius 2 is 2.25 bits per heavy atom. The first-order chi connectivity index (χ1) is 5.84. The smallest absolute Gasteiger partial charge is 0.0946 e. The molecule has 66 valence electrons. The lowest BCUT2D eigenvalue weighted by molar-refractivity contribution is 0.135. The quantitative estimate of drug-likeness (QED) is 0.618. The summed E-state index contributed by atoms with van der Waals surface area (Å²) in [6, 6.07) is 0. The molecule has 0 spiro atoms. The van der Waals surface area contributed by atoms with E-state index >= 15 is 0 Å². The fourth-order valence-electron chi connectivity index (χ4n) is 1.25. The molecule has 4 nitrogen and oxygen atoms in total. The molecule has 0 aromatic carbocycles. The van der Waals surface area contributed by atoms with E-state index < -0.39 is 0 Å². The molecule has 2 heterocycles. The van der Waals surface area contributed by atoms with Crippen LogP contribution in [0.25, 0.3) is 0 Å². The highest BCUT2D eigenvalue weighted by molar-refractivity contribution is 4.79. The molecule has 1 fully saturated rings. The van der Waals surface area contributed by atoms with E-state index in [1.807, 2.05) is 10.8 Å². The van der Waals surface area contributed by atoms with Crippen molar-refractivity contribution in [1.29, 1.82) is 0 Å². The Labute approximate surface area is 71.4 Å². The Morgan fingerprint density at radius 3 is 2.83 bits per heavy atom. The second-order valence-corrected chi connectivity index (χ2v) is 3.21. The van der Waals surface area contributed by atoms with Crippen LogP contribution in [0.3, 0.4) is 0 Å². The molecular weight excluding hydrogens is 154 g/mol. The van der Waals surface area contributed by atoms with Crippen LogP contribution in [0.2, 0.25) is 0 Å². The Bertz CT molecular complexity index is 230. The van der Waals surface area contributed by atoms with Crippen molar-refractivity contribution in [2.24, 2.45) is 0 Å². The van der Waals surface area contributed by atoms with Crippen molar-refractivity contribution in [3.8, 4) is 0 Å². The summed E-state index contributed by atoms with van der Waals surface area (Å²) < 4.78 is 1.90. The van der Waals surface area contributed by atoms with Crippen molar-refractivity contribution in [2.75, 3.05) is 19.6 Å². The fraction of sp³-hybridized carbons (Fsp3) is 0.625. The normalized spacial score (nSPS) is 19.4. The van der Waals surface area contributed by atoms with Gasteiger partial charge in [-0.1, -0.05) is 0 Å². The summed E-state index contributed by atoms with van der Waals surface area (Å²) in [5.74, 6) is 0. The van der Waals surface area contributed by atoms with Crippen molar-refractivity contribution in [1.82, 2.24) is 14.5 Å². The van der Waals surface area contributed by atoms with Crippen LogP contribution in [0.15, 0.2) is 18.7 Å². The first-order valence-electron chi connectivity index (χ1n) is 4.21. The van der Waals surface area contributed by atoms with Crippen LogP contribution in [0.4, 0.5) is 0 Å². The molecule has 0 bridgehead atoms. The zero-order valence-corrected chi connectivity index (χ0v) is 6.93. The number of aliphatic hydroxyl groups excluding tert-OH is 1. The first-order valence-corrected chi connectivity index (χ1v) is 4.21. The topological polar surface area (TPSA) is 41.1 Å². The molecular formula is C8H13N3O. The van der Waals surface area contributed by atoms with Crippen LogP contribution in [-0.4, -0.2) is 45.3 Å². The van der Waals surface area contributed by atoms with Crippen LogP contribution in [0.5, 0.6) is 0 Å². The number of aliphatic hydroxyl groups is 1. The van der Waals surface area contributed by atoms with Crippen molar-refractivity contribution >= 4 is 0 Å². The average molecular weight is 167 g/mol. The lowest BCUT2D eigenvalue weighted by Gasteiger charge is -2.10. The fourth-order valence-corrected chi connectivity index (χ4v) is 1.25. The van der Waals surface area contributed by atoms with Gasteiger partial charge in [0.1, 0.15) is 0 Å². The van der Waals surface area contributed by atoms with E-state index in [4.69, 9.17) is 0 Å². The molecule has 1 aromatic rings. The van der Waals surface area contributed by atoms with Gasteiger partial charge in [-0.3, -0.25) is 4.90 Å². The molecule has 1 unspecified atom stereocenters. The minimum absolute atomic E-state index is 0.262. The maximum absolute atomic E-state index is 9.54. The third kappa shape index (κ3) is 2.06. The van der Waals surface area contributed by atoms with E-state index in [1.54, 1.807) is 12.5 Å². The van der Waals surface area contributed by atoms with Gasteiger partial charge >= 0.3 is 0 Å². The van der Waals surface area contributed by atoms with Crippen LogP contribution < -0.4 is 0 Å². The van der Waals surface area contributed by atoms with E-state index in [0.717, 1.165) is 19.6 Å². The number of nitrogens with zero attached hydrogens (tertiary/aromatic N) is 3. The molecule has 4 heteroatoms. The summed E-state index contributed by atoms with van der Waals surface area (Å²) in [5, 5.41) is 9.54. The summed E-state index contributed by atoms with van der Waals surface area (Å²) in [6.45, 7) is 3.72. The molecule has 1 aliphatic heterocycles. The van der Waals surface area contributed by atoms with E-state index in [0.29, 0.717) is 6.54 Å². The molecule has 1 atom stereocenters. The van der Waals surface area contributed by atoms with Gasteiger partial charge in [-0.25, -0.2) is 4.98 Å². The minimum Gasteiger partial charge on any atom is -0.390 e. The molecule has 0 aliphatic carbocycles. The van der Waals surface area contributed by atoms with Gasteiger partial charge in [-0.2, -0.15) is 0 Å². The van der Waals surface area contributed by atoms with E-state index in [9.17, 15) is 5.11 Å². The minimum atomic E-state index is -0.262. The highest BCUT2D eigenvalue weighted by Gasteiger charge is 2.20. The summed E-state index contributed by atoms with van der Waals surface area (Å²) in [7, 11) is 0. The highest BCUT2D eigenvalue weighted by Crippen LogP contribution is 2.05. The first kappa shape index (κ1) is 7.76. The largest absolute Gasteiger partial charge is 0.390 e. The summed E-state index contributed by atoms with van der Waals surface area (Å²) in [6.07, 6.45) is 5.06. The maximum Gasteiger partial charge on any atom is 0.0946 e. The zero-order chi connectivity index (χ0) is 8.39. The van der Waals surface area contributed by atoms with Gasteiger partial charge in [0.2, 0.25) is 0 Å². The van der Waals surface area contributed by atoms with Gasteiger partial charge in [0, 0.05) is 32.0 Å². The van der Waals surface area contributed by atoms with E-state index in [-0.39, 0.29) is 6.10 Å². The second-order valence-electron chi connectivity index (χ2n) is 3.21. The van der Waals surface area contributed by atoms with Gasteiger partial charge < -0.3 is 9.67 Å². The molecule has 0 radical (unpaired) electrons.